The van der Waals surface area contributed by atoms with Gasteiger partial charge in [-0.15, -0.1) is 28.5 Å². The molecule has 0 radical (unpaired) electrons. The number of anilines is 2. The fourth-order valence-electron chi connectivity index (χ4n) is 6.14. The Morgan fingerprint density at radius 2 is 1.89 bits per heavy atom. The van der Waals surface area contributed by atoms with Crippen LogP contribution in [0, 0.1) is 5.41 Å². The molecule has 38 heavy (non-hydrogen) atoms. The third kappa shape index (κ3) is 4.59. The van der Waals surface area contributed by atoms with Crippen molar-refractivity contribution in [2.75, 3.05) is 43.1 Å². The molecule has 1 aliphatic carbocycles. The number of halogens is 3. The molecule has 4 heterocycles. The largest absolute Gasteiger partial charge is 0.573 e. The zero-order valence-corrected chi connectivity index (χ0v) is 21.8. The summed E-state index contributed by atoms with van der Waals surface area (Å²) in [5.74, 6) is 1.37. The van der Waals surface area contributed by atoms with Gasteiger partial charge in [-0.25, -0.2) is 0 Å². The Morgan fingerprint density at radius 3 is 2.61 bits per heavy atom. The summed E-state index contributed by atoms with van der Waals surface area (Å²) in [6, 6.07) is 6.79. The van der Waals surface area contributed by atoms with Crippen molar-refractivity contribution < 1.29 is 22.6 Å². The van der Waals surface area contributed by atoms with Crippen molar-refractivity contribution in [2.24, 2.45) is 5.41 Å². The fraction of sp³-hybridized carbons (Fsp3) is 0.577. The van der Waals surface area contributed by atoms with Crippen LogP contribution in [0.2, 0.25) is 0 Å². The highest BCUT2D eigenvalue weighted by Gasteiger charge is 2.46. The summed E-state index contributed by atoms with van der Waals surface area (Å²) in [6.45, 7) is 7.34. The maximum absolute atomic E-state index is 12.8. The molecule has 204 valence electrons. The smallest absolute Gasteiger partial charge is 0.486 e. The summed E-state index contributed by atoms with van der Waals surface area (Å²) in [4.78, 5) is 4.43. The van der Waals surface area contributed by atoms with Gasteiger partial charge in [0.1, 0.15) is 18.0 Å². The molecule has 2 aromatic heterocycles. The van der Waals surface area contributed by atoms with E-state index in [1.165, 1.54) is 31.0 Å². The van der Waals surface area contributed by atoms with E-state index in [0.717, 1.165) is 44.0 Å². The first-order valence-electron chi connectivity index (χ1n) is 13.1. The molecule has 3 aromatic rings. The van der Waals surface area contributed by atoms with E-state index in [2.05, 4.69) is 43.9 Å². The summed E-state index contributed by atoms with van der Waals surface area (Å²) >= 11 is 0. The lowest BCUT2D eigenvalue weighted by Gasteiger charge is -2.53. The van der Waals surface area contributed by atoms with Gasteiger partial charge in [0.2, 0.25) is 5.65 Å². The van der Waals surface area contributed by atoms with Crippen LogP contribution >= 0.6 is 0 Å². The van der Waals surface area contributed by atoms with Crippen molar-refractivity contribution in [1.29, 1.82) is 0 Å². The van der Waals surface area contributed by atoms with Crippen LogP contribution in [0.25, 0.3) is 17.0 Å². The third-order valence-electron chi connectivity index (χ3n) is 7.90. The highest BCUT2D eigenvalue weighted by Crippen LogP contribution is 2.51. The number of likely N-dealkylation sites (N-methyl/N-ethyl adjacent to an activating group) is 1. The van der Waals surface area contributed by atoms with E-state index in [1.54, 1.807) is 10.6 Å². The summed E-state index contributed by atoms with van der Waals surface area (Å²) in [5, 5.41) is 17.2. The normalized spacial score (nSPS) is 19.6. The lowest BCUT2D eigenvalue weighted by molar-refractivity contribution is -0.274. The van der Waals surface area contributed by atoms with Crippen LogP contribution in [0.3, 0.4) is 0 Å². The van der Waals surface area contributed by atoms with Gasteiger partial charge in [0.05, 0.1) is 6.54 Å². The number of nitrogens with zero attached hydrogens (tertiary/aromatic N) is 6. The maximum atomic E-state index is 12.8. The van der Waals surface area contributed by atoms with Crippen LogP contribution in [0.15, 0.2) is 24.3 Å². The first-order chi connectivity index (χ1) is 18.1. The van der Waals surface area contributed by atoms with Crippen molar-refractivity contribution >= 4 is 17.2 Å². The Morgan fingerprint density at radius 1 is 1.13 bits per heavy atom. The van der Waals surface area contributed by atoms with E-state index in [1.807, 2.05) is 7.05 Å². The zero-order chi connectivity index (χ0) is 26.7. The van der Waals surface area contributed by atoms with Crippen molar-refractivity contribution in [1.82, 2.24) is 25.1 Å². The van der Waals surface area contributed by atoms with Gasteiger partial charge in [-0.3, -0.25) is 0 Å². The molecular formula is C26H32F3N7O2. The van der Waals surface area contributed by atoms with Crippen LogP contribution < -0.4 is 24.6 Å². The summed E-state index contributed by atoms with van der Waals surface area (Å²) in [5.41, 5.74) is 2.11. The Hall–Kier alpha value is -3.28. The second-order valence-electron chi connectivity index (χ2n) is 11.0. The summed E-state index contributed by atoms with van der Waals surface area (Å²) in [7, 11) is 2.01. The molecule has 1 saturated heterocycles. The Bertz CT molecular complexity index is 1330. The highest BCUT2D eigenvalue weighted by atomic mass is 19.4. The minimum absolute atomic E-state index is 0.323. The highest BCUT2D eigenvalue weighted by molar-refractivity contribution is 5.82. The maximum Gasteiger partial charge on any atom is 0.573 e. The Balaban J connectivity index is 1.33. The molecule has 1 saturated carbocycles. The van der Waals surface area contributed by atoms with E-state index < -0.39 is 6.36 Å². The number of ether oxygens (including phenoxy) is 2. The molecule has 0 atom stereocenters. The van der Waals surface area contributed by atoms with Crippen molar-refractivity contribution in [2.45, 2.75) is 58.0 Å². The average Bonchev–Trinajstić information content (AvgIpc) is 3.26. The molecule has 2 aliphatic heterocycles. The van der Waals surface area contributed by atoms with Crippen LogP contribution in [0.1, 0.15) is 39.5 Å². The van der Waals surface area contributed by atoms with Gasteiger partial charge in [-0.05, 0) is 43.2 Å². The molecule has 1 N–H and O–H groups in total. The predicted octanol–water partition coefficient (Wildman–Crippen LogP) is 4.27. The number of hydrogen-bond acceptors (Lipinski definition) is 8. The SMILES string of the molecule is CC(C)NC1CC2(CCN(c3nn4c(-c5cccc(OC(F)(F)F)c5)nnc4c4c3N(C)CCO4)CC2)C1. The minimum Gasteiger partial charge on any atom is -0.486 e. The predicted molar refractivity (Wildman–Crippen MR) is 137 cm³/mol. The molecule has 0 unspecified atom stereocenters. The number of rotatable bonds is 5. The van der Waals surface area contributed by atoms with Gasteiger partial charge in [0, 0.05) is 37.8 Å². The molecule has 0 amide bonds. The van der Waals surface area contributed by atoms with Crippen LogP contribution in [-0.2, 0) is 0 Å². The quantitative estimate of drug-likeness (QED) is 0.523. The van der Waals surface area contributed by atoms with E-state index in [9.17, 15) is 13.2 Å². The van der Waals surface area contributed by atoms with Gasteiger partial charge in [0.15, 0.2) is 17.4 Å². The number of fused-ring (bicyclic) bond motifs is 3. The molecule has 3 aliphatic rings. The van der Waals surface area contributed by atoms with Crippen molar-refractivity contribution in [3.8, 4) is 22.9 Å². The van der Waals surface area contributed by atoms with Crippen molar-refractivity contribution in [3.05, 3.63) is 24.3 Å². The van der Waals surface area contributed by atoms with Crippen LogP contribution in [0.5, 0.6) is 11.5 Å². The molecule has 9 nitrogen and oxygen atoms in total. The summed E-state index contributed by atoms with van der Waals surface area (Å²) < 4.78 is 50.2. The molecule has 2 fully saturated rings. The fourth-order valence-corrected chi connectivity index (χ4v) is 6.14. The van der Waals surface area contributed by atoms with Gasteiger partial charge in [0.25, 0.3) is 0 Å². The van der Waals surface area contributed by atoms with Crippen LogP contribution in [-0.4, -0.2) is 71.5 Å². The Labute approximate surface area is 218 Å². The number of piperidine rings is 1. The zero-order valence-electron chi connectivity index (χ0n) is 21.8. The minimum atomic E-state index is -4.79. The molecular weight excluding hydrogens is 499 g/mol. The number of aromatic nitrogens is 4. The number of hydrogen-bond donors (Lipinski definition) is 1. The van der Waals surface area contributed by atoms with Gasteiger partial charge < -0.3 is 24.6 Å². The number of alkyl halides is 3. The molecule has 6 rings (SSSR count). The third-order valence-corrected chi connectivity index (χ3v) is 7.90. The first kappa shape index (κ1) is 25.0. The van der Waals surface area contributed by atoms with Gasteiger partial charge in [-0.2, -0.15) is 4.52 Å². The summed E-state index contributed by atoms with van der Waals surface area (Å²) in [6.07, 6.45) is -0.190. The van der Waals surface area contributed by atoms with E-state index in [0.29, 0.717) is 46.9 Å². The monoisotopic (exact) mass is 531 g/mol. The van der Waals surface area contributed by atoms with E-state index in [4.69, 9.17) is 9.84 Å². The van der Waals surface area contributed by atoms with E-state index >= 15 is 0 Å². The first-order valence-corrected chi connectivity index (χ1v) is 13.1. The average molecular weight is 532 g/mol. The topological polar surface area (TPSA) is 80.0 Å². The van der Waals surface area contributed by atoms with Crippen molar-refractivity contribution in [3.63, 3.8) is 0 Å². The molecule has 1 aromatic carbocycles. The standard InChI is InChI=1S/C26H32F3N7O2/c1-16(2)30-18-14-25(15-18)7-9-35(10-8-25)23-20-21(37-12-11-34(20)3)24-32-31-22(36(24)33-23)17-5-4-6-19(13-17)38-26(27,28)29/h4-6,13,16,18,30H,7-12,14-15H2,1-3H3. The molecule has 0 bridgehead atoms. The lowest BCUT2D eigenvalue weighted by atomic mass is 9.60. The number of benzene rings is 1. The second-order valence-corrected chi connectivity index (χ2v) is 11.0. The molecule has 12 heteroatoms. The number of nitrogens with one attached hydrogen (secondary N) is 1. The molecule has 1 spiro atoms. The second kappa shape index (κ2) is 9.18. The van der Waals surface area contributed by atoms with Gasteiger partial charge >= 0.3 is 6.36 Å². The van der Waals surface area contributed by atoms with Crippen LogP contribution in [0.4, 0.5) is 24.7 Å². The van der Waals surface area contributed by atoms with E-state index in [-0.39, 0.29) is 5.75 Å². The lowest BCUT2D eigenvalue weighted by Crippen LogP contribution is -2.55. The van der Waals surface area contributed by atoms with Gasteiger partial charge in [-0.1, -0.05) is 26.0 Å². The Kier molecular flexibility index (Phi) is 6.04.